The van der Waals surface area contributed by atoms with Crippen LogP contribution in [0.15, 0.2) is 144 Å². The Morgan fingerprint density at radius 3 is 2.05 bits per heavy atom. The molecule has 2 heterocycles. The summed E-state index contributed by atoms with van der Waals surface area (Å²) < 4.78 is 6.20. The number of rotatable bonds is 4. The molecule has 1 aliphatic rings. The minimum atomic E-state index is 0.625. The van der Waals surface area contributed by atoms with E-state index < -0.39 is 0 Å². The standard InChI is InChI=1S/C37H26N2O/c1-2-10-25(11-3-1)26-18-20-28(21-19-26)39(37-23-33-32-16-8-9-17-35(32)40-36(33)24-38-37)34-22-27-12-4-5-13-29(27)30-14-6-7-15-31(30)34/h1-23,38H,24H2. The van der Waals surface area contributed by atoms with Crippen molar-refractivity contribution in [2.75, 3.05) is 4.90 Å². The van der Waals surface area contributed by atoms with Crippen LogP contribution < -0.4 is 10.2 Å². The summed E-state index contributed by atoms with van der Waals surface area (Å²) in [4.78, 5) is 2.36. The molecule has 3 nitrogen and oxygen atoms in total. The lowest BCUT2D eigenvalue weighted by Crippen LogP contribution is -2.30. The molecule has 0 aliphatic carbocycles. The molecule has 3 heteroatoms. The maximum atomic E-state index is 6.20. The number of fused-ring (bicyclic) bond motifs is 6. The molecule has 0 unspecified atom stereocenters. The van der Waals surface area contributed by atoms with Gasteiger partial charge in [-0.1, -0.05) is 109 Å². The van der Waals surface area contributed by atoms with Crippen LogP contribution in [0, 0.1) is 0 Å². The van der Waals surface area contributed by atoms with Crippen molar-refractivity contribution in [3.05, 3.63) is 151 Å². The molecule has 0 saturated carbocycles. The second-order valence-corrected chi connectivity index (χ2v) is 10.2. The van der Waals surface area contributed by atoms with Crippen molar-refractivity contribution >= 4 is 50.0 Å². The highest BCUT2D eigenvalue weighted by molar-refractivity contribution is 6.14. The van der Waals surface area contributed by atoms with Crippen molar-refractivity contribution in [2.45, 2.75) is 6.54 Å². The van der Waals surface area contributed by atoms with Gasteiger partial charge in [-0.2, -0.15) is 0 Å². The summed E-state index contributed by atoms with van der Waals surface area (Å²) in [5.41, 5.74) is 6.69. The van der Waals surface area contributed by atoms with Crippen molar-refractivity contribution < 1.29 is 4.42 Å². The summed E-state index contributed by atoms with van der Waals surface area (Å²) >= 11 is 0. The Morgan fingerprint density at radius 1 is 0.575 bits per heavy atom. The van der Waals surface area contributed by atoms with Gasteiger partial charge in [0, 0.05) is 22.0 Å². The number of benzene rings is 6. The van der Waals surface area contributed by atoms with Crippen LogP contribution in [-0.2, 0) is 6.54 Å². The van der Waals surface area contributed by atoms with Gasteiger partial charge in [-0.25, -0.2) is 0 Å². The summed E-state index contributed by atoms with van der Waals surface area (Å²) in [5.74, 6) is 1.99. The normalized spacial score (nSPS) is 12.8. The van der Waals surface area contributed by atoms with E-state index in [1.54, 1.807) is 0 Å². The third kappa shape index (κ3) is 3.67. The van der Waals surface area contributed by atoms with Crippen LogP contribution in [0.25, 0.3) is 49.7 Å². The van der Waals surface area contributed by atoms with E-state index in [2.05, 4.69) is 138 Å². The molecule has 40 heavy (non-hydrogen) atoms. The van der Waals surface area contributed by atoms with E-state index in [-0.39, 0.29) is 0 Å². The molecule has 0 bridgehead atoms. The van der Waals surface area contributed by atoms with Gasteiger partial charge >= 0.3 is 0 Å². The predicted molar refractivity (Wildman–Crippen MR) is 167 cm³/mol. The number of furan rings is 1. The molecular formula is C37H26N2O. The molecular weight excluding hydrogens is 488 g/mol. The van der Waals surface area contributed by atoms with Crippen molar-refractivity contribution in [3.63, 3.8) is 0 Å². The molecule has 6 aromatic carbocycles. The van der Waals surface area contributed by atoms with Crippen molar-refractivity contribution in [1.82, 2.24) is 5.32 Å². The lowest BCUT2D eigenvalue weighted by Gasteiger charge is -2.31. The second kappa shape index (κ2) is 9.18. The van der Waals surface area contributed by atoms with Crippen molar-refractivity contribution in [2.24, 2.45) is 0 Å². The molecule has 0 spiro atoms. The number of hydrogen-bond acceptors (Lipinski definition) is 3. The molecule has 0 amide bonds. The van der Waals surface area contributed by atoms with Gasteiger partial charge in [0.15, 0.2) is 0 Å². The maximum Gasteiger partial charge on any atom is 0.135 e. The number of nitrogens with one attached hydrogen (secondary N) is 1. The van der Waals surface area contributed by atoms with E-state index in [0.717, 1.165) is 39.5 Å². The maximum absolute atomic E-state index is 6.20. The molecule has 0 saturated heterocycles. The quantitative estimate of drug-likeness (QED) is 0.237. The highest BCUT2D eigenvalue weighted by atomic mass is 16.3. The van der Waals surface area contributed by atoms with Gasteiger partial charge in [-0.3, -0.25) is 4.90 Å². The number of hydrogen-bond donors (Lipinski definition) is 1. The summed E-state index contributed by atoms with van der Waals surface area (Å²) in [5, 5.41) is 9.75. The van der Waals surface area contributed by atoms with E-state index >= 15 is 0 Å². The minimum absolute atomic E-state index is 0.625. The Morgan fingerprint density at radius 2 is 1.23 bits per heavy atom. The van der Waals surface area contributed by atoms with Gasteiger partial charge < -0.3 is 9.73 Å². The molecule has 190 valence electrons. The predicted octanol–water partition coefficient (Wildman–Crippen LogP) is 9.65. The number of para-hydroxylation sites is 1. The molecule has 7 aromatic rings. The Balaban J connectivity index is 1.37. The Hall–Kier alpha value is -5.28. The molecule has 0 radical (unpaired) electrons. The fourth-order valence-corrected chi connectivity index (χ4v) is 5.97. The van der Waals surface area contributed by atoms with Crippen LogP contribution in [0.5, 0.6) is 0 Å². The third-order valence-corrected chi connectivity index (χ3v) is 7.88. The van der Waals surface area contributed by atoms with Gasteiger partial charge in [0.25, 0.3) is 0 Å². The molecule has 0 atom stereocenters. The Kier molecular flexibility index (Phi) is 5.20. The largest absolute Gasteiger partial charge is 0.459 e. The summed E-state index contributed by atoms with van der Waals surface area (Å²) in [6.45, 7) is 0.625. The molecule has 8 rings (SSSR count). The highest BCUT2D eigenvalue weighted by Gasteiger charge is 2.24. The third-order valence-electron chi connectivity index (χ3n) is 7.88. The zero-order chi connectivity index (χ0) is 26.5. The summed E-state index contributed by atoms with van der Waals surface area (Å²) in [7, 11) is 0. The van der Waals surface area contributed by atoms with Gasteiger partial charge in [0.05, 0.1) is 12.2 Å². The highest BCUT2D eigenvalue weighted by Crippen LogP contribution is 2.41. The van der Waals surface area contributed by atoms with E-state index in [4.69, 9.17) is 4.42 Å². The van der Waals surface area contributed by atoms with Gasteiger partial charge in [0.1, 0.15) is 17.2 Å². The lowest BCUT2D eigenvalue weighted by molar-refractivity contribution is 0.525. The first-order chi connectivity index (χ1) is 19.8. The van der Waals surface area contributed by atoms with Gasteiger partial charge in [-0.05, 0) is 57.6 Å². The van der Waals surface area contributed by atoms with Crippen LogP contribution in [0.2, 0.25) is 0 Å². The zero-order valence-electron chi connectivity index (χ0n) is 21.8. The van der Waals surface area contributed by atoms with Crippen molar-refractivity contribution in [1.29, 1.82) is 0 Å². The molecule has 1 aliphatic heterocycles. The minimum Gasteiger partial charge on any atom is -0.459 e. The van der Waals surface area contributed by atoms with Crippen LogP contribution in [0.4, 0.5) is 11.4 Å². The second-order valence-electron chi connectivity index (χ2n) is 10.2. The average molecular weight is 515 g/mol. The zero-order valence-corrected chi connectivity index (χ0v) is 21.8. The van der Waals surface area contributed by atoms with Crippen LogP contribution >= 0.6 is 0 Å². The van der Waals surface area contributed by atoms with Crippen LogP contribution in [0.3, 0.4) is 0 Å². The monoisotopic (exact) mass is 514 g/mol. The fourth-order valence-electron chi connectivity index (χ4n) is 5.97. The van der Waals surface area contributed by atoms with E-state index in [1.807, 2.05) is 12.1 Å². The van der Waals surface area contributed by atoms with E-state index in [1.165, 1.54) is 32.7 Å². The molecule has 1 N–H and O–H groups in total. The first-order valence-corrected chi connectivity index (χ1v) is 13.7. The van der Waals surface area contributed by atoms with E-state index in [9.17, 15) is 0 Å². The first kappa shape index (κ1) is 22.7. The van der Waals surface area contributed by atoms with Gasteiger partial charge in [0.2, 0.25) is 0 Å². The smallest absolute Gasteiger partial charge is 0.135 e. The van der Waals surface area contributed by atoms with Crippen molar-refractivity contribution in [3.8, 4) is 11.1 Å². The van der Waals surface area contributed by atoms with Crippen LogP contribution in [-0.4, -0.2) is 0 Å². The summed E-state index contributed by atoms with van der Waals surface area (Å²) in [6.07, 6.45) is 2.24. The number of nitrogens with zero attached hydrogens (tertiary/aromatic N) is 1. The first-order valence-electron chi connectivity index (χ1n) is 13.7. The average Bonchev–Trinajstić information content (AvgIpc) is 3.40. The fraction of sp³-hybridized carbons (Fsp3) is 0.0270. The van der Waals surface area contributed by atoms with Crippen LogP contribution in [0.1, 0.15) is 11.3 Å². The Bertz CT molecular complexity index is 2050. The number of anilines is 2. The summed E-state index contributed by atoms with van der Waals surface area (Å²) in [6, 6.07) is 47.3. The Labute approximate surface area is 232 Å². The molecule has 1 aromatic heterocycles. The topological polar surface area (TPSA) is 28.4 Å². The SMILES string of the molecule is C1=C(N(c2ccc(-c3ccccc3)cc2)c2cc3ccccc3c3ccccc23)NCc2oc3ccccc3c21. The lowest BCUT2D eigenvalue weighted by atomic mass is 9.98. The molecule has 0 fully saturated rings. The van der Waals surface area contributed by atoms with E-state index in [0.29, 0.717) is 6.54 Å². The van der Waals surface area contributed by atoms with Gasteiger partial charge in [-0.15, -0.1) is 0 Å².